The summed E-state index contributed by atoms with van der Waals surface area (Å²) in [5, 5.41) is 15.6. The summed E-state index contributed by atoms with van der Waals surface area (Å²) in [6.07, 6.45) is 7.44. The molecule has 1 aliphatic heterocycles. The number of halogens is 1. The second-order valence-corrected chi connectivity index (χ2v) is 9.75. The van der Waals surface area contributed by atoms with Crippen LogP contribution in [0.5, 0.6) is 5.75 Å². The lowest BCUT2D eigenvalue weighted by Crippen LogP contribution is -2.38. The largest absolute Gasteiger partial charge is 0.496 e. The Balaban J connectivity index is 1.56. The maximum absolute atomic E-state index is 12.1. The molecule has 0 aliphatic carbocycles. The Kier molecular flexibility index (Phi) is 6.18. The Labute approximate surface area is 206 Å². The van der Waals surface area contributed by atoms with Crippen LogP contribution >= 0.6 is 15.9 Å². The number of piperidine rings is 1. The number of aromatic carboxylic acids is 1. The number of carbonyl (C=O) groups is 1. The number of ether oxygens (including phenoxy) is 1. The fraction of sp³-hybridized carbons (Fsp3) is 0.308. The fourth-order valence-corrected chi connectivity index (χ4v) is 5.53. The molecular formula is C26H27BrN4O3. The maximum atomic E-state index is 12.1. The van der Waals surface area contributed by atoms with Gasteiger partial charge >= 0.3 is 5.97 Å². The first kappa shape index (κ1) is 22.7. The predicted molar refractivity (Wildman–Crippen MR) is 134 cm³/mol. The molecule has 8 heteroatoms. The normalized spacial score (nSPS) is 18.9. The van der Waals surface area contributed by atoms with Gasteiger partial charge < -0.3 is 14.8 Å². The van der Waals surface area contributed by atoms with Crippen LogP contribution in [0.1, 0.15) is 52.0 Å². The lowest BCUT2D eigenvalue weighted by atomic mass is 9.88. The van der Waals surface area contributed by atoms with Crippen LogP contribution < -0.4 is 4.74 Å². The van der Waals surface area contributed by atoms with E-state index in [9.17, 15) is 9.90 Å². The zero-order chi connectivity index (χ0) is 23.8. The highest BCUT2D eigenvalue weighted by atomic mass is 79.9. The number of aromatic amines is 1. The van der Waals surface area contributed by atoms with E-state index < -0.39 is 5.97 Å². The quantitative estimate of drug-likeness (QED) is 0.338. The molecule has 5 rings (SSSR count). The molecule has 0 saturated carbocycles. The third-order valence-electron chi connectivity index (χ3n) is 6.87. The van der Waals surface area contributed by atoms with Crippen molar-refractivity contribution in [3.05, 3.63) is 81.7 Å². The molecule has 176 valence electrons. The molecule has 1 unspecified atom stereocenters. The molecule has 4 aromatic rings. The van der Waals surface area contributed by atoms with Crippen LogP contribution in [0.15, 0.2) is 59.5 Å². The number of hydrogen-bond donors (Lipinski definition) is 2. The van der Waals surface area contributed by atoms with Crippen molar-refractivity contribution in [1.82, 2.24) is 19.7 Å². The summed E-state index contributed by atoms with van der Waals surface area (Å²) < 4.78 is 8.72. The number of nitrogens with zero attached hydrogens (tertiary/aromatic N) is 3. The van der Waals surface area contributed by atoms with Gasteiger partial charge in [0.2, 0.25) is 0 Å². The molecule has 0 amide bonds. The minimum Gasteiger partial charge on any atom is -0.496 e. The van der Waals surface area contributed by atoms with Crippen LogP contribution in [0.3, 0.4) is 0 Å². The summed E-state index contributed by atoms with van der Waals surface area (Å²) in [4.78, 5) is 17.8. The lowest BCUT2D eigenvalue weighted by molar-refractivity contribution is 0.0682. The number of hydrogen-bond acceptors (Lipinski definition) is 4. The number of rotatable bonds is 6. The van der Waals surface area contributed by atoms with Crippen molar-refractivity contribution in [3.8, 4) is 5.75 Å². The third kappa shape index (κ3) is 4.12. The number of carboxylic acid groups (broad SMARTS) is 1. The fourth-order valence-electron chi connectivity index (χ4n) is 5.23. The number of methoxy groups -OCH3 is 1. The molecule has 1 saturated heterocycles. The van der Waals surface area contributed by atoms with Crippen molar-refractivity contribution < 1.29 is 14.6 Å². The first-order chi connectivity index (χ1) is 16.5. The second-order valence-electron chi connectivity index (χ2n) is 8.84. The van der Waals surface area contributed by atoms with E-state index >= 15 is 0 Å². The van der Waals surface area contributed by atoms with E-state index in [4.69, 9.17) is 4.74 Å². The summed E-state index contributed by atoms with van der Waals surface area (Å²) in [6, 6.07) is 11.6. The van der Waals surface area contributed by atoms with Crippen molar-refractivity contribution in [1.29, 1.82) is 0 Å². The van der Waals surface area contributed by atoms with Crippen LogP contribution in [0.4, 0.5) is 0 Å². The zero-order valence-electron chi connectivity index (χ0n) is 19.2. The van der Waals surface area contributed by atoms with Crippen molar-refractivity contribution >= 4 is 32.8 Å². The van der Waals surface area contributed by atoms with Crippen LogP contribution in [0.2, 0.25) is 0 Å². The van der Waals surface area contributed by atoms with E-state index in [1.54, 1.807) is 25.4 Å². The van der Waals surface area contributed by atoms with Gasteiger partial charge in [-0.3, -0.25) is 9.58 Å². The van der Waals surface area contributed by atoms with Gasteiger partial charge in [-0.05, 0) is 65.0 Å². The van der Waals surface area contributed by atoms with E-state index in [0.717, 1.165) is 57.2 Å². The third-order valence-corrected chi connectivity index (χ3v) is 7.28. The van der Waals surface area contributed by atoms with E-state index in [0.29, 0.717) is 12.1 Å². The summed E-state index contributed by atoms with van der Waals surface area (Å²) in [5.41, 5.74) is 4.54. The van der Waals surface area contributed by atoms with E-state index in [-0.39, 0.29) is 12.1 Å². The summed E-state index contributed by atoms with van der Waals surface area (Å²) in [5.74, 6) is -0.0477. The molecule has 2 N–H and O–H groups in total. The average Bonchev–Trinajstić information content (AvgIpc) is 3.50. The molecular weight excluding hydrogens is 496 g/mol. The molecule has 1 aliphatic rings. The van der Waals surface area contributed by atoms with Crippen molar-refractivity contribution in [2.75, 3.05) is 13.7 Å². The maximum Gasteiger partial charge on any atom is 0.336 e. The highest BCUT2D eigenvalue weighted by Crippen LogP contribution is 2.41. The zero-order valence-corrected chi connectivity index (χ0v) is 20.7. The summed E-state index contributed by atoms with van der Waals surface area (Å²) >= 11 is 3.50. The number of aryl methyl sites for hydroxylation is 1. The Bertz CT molecular complexity index is 1350. The van der Waals surface area contributed by atoms with Crippen LogP contribution in [-0.2, 0) is 6.54 Å². The Morgan fingerprint density at radius 2 is 2.15 bits per heavy atom. The molecule has 34 heavy (non-hydrogen) atoms. The number of likely N-dealkylation sites (tertiary alicyclic amines) is 1. The van der Waals surface area contributed by atoms with Gasteiger partial charge in [0.15, 0.2) is 0 Å². The lowest BCUT2D eigenvalue weighted by Gasteiger charge is -2.40. The minimum atomic E-state index is -0.902. The summed E-state index contributed by atoms with van der Waals surface area (Å²) in [7, 11) is 1.70. The molecule has 1 fully saturated rings. The van der Waals surface area contributed by atoms with Gasteiger partial charge in [-0.1, -0.05) is 18.2 Å². The second kappa shape index (κ2) is 9.27. The topological polar surface area (TPSA) is 83.4 Å². The number of carboxylic acids is 1. The van der Waals surface area contributed by atoms with E-state index in [1.807, 2.05) is 29.2 Å². The highest BCUT2D eigenvalue weighted by molar-refractivity contribution is 9.10. The number of nitrogens with one attached hydrogen (secondary N) is 1. The van der Waals surface area contributed by atoms with E-state index in [2.05, 4.69) is 50.0 Å². The van der Waals surface area contributed by atoms with Gasteiger partial charge in [-0.25, -0.2) is 4.79 Å². The molecule has 3 heterocycles. The van der Waals surface area contributed by atoms with Gasteiger partial charge in [-0.15, -0.1) is 0 Å². The molecule has 7 nitrogen and oxygen atoms in total. The molecule has 2 atom stereocenters. The van der Waals surface area contributed by atoms with Gasteiger partial charge in [0.05, 0.1) is 29.4 Å². The smallest absolute Gasteiger partial charge is 0.336 e. The number of benzene rings is 2. The first-order valence-corrected chi connectivity index (χ1v) is 12.1. The molecule has 0 radical (unpaired) electrons. The van der Waals surface area contributed by atoms with Crippen LogP contribution in [-0.4, -0.2) is 44.4 Å². The molecule has 2 aromatic heterocycles. The number of H-pyrrole nitrogens is 1. The number of fused-ring (bicyclic) bond motifs is 1. The van der Waals surface area contributed by atoms with E-state index in [1.165, 1.54) is 0 Å². The molecule has 2 aromatic carbocycles. The van der Waals surface area contributed by atoms with Crippen LogP contribution in [0, 0.1) is 6.92 Å². The molecule has 0 bridgehead atoms. The SMILES string of the molecule is COc1cc(C)c2[nH]ccc2c1CN1CCC(n2cc(Br)cn2)C[C@@H]1c1ccccc1C(=O)O. The standard InChI is InChI=1S/C26H27BrN4O3/c1-16-11-24(34-2)22(20-7-9-28-25(16)20)15-30-10-8-18(31-14-17(27)13-29-31)12-23(30)19-5-3-4-6-21(19)26(32)33/h3-7,9,11,13-14,18,23,28H,8,10,12,15H2,1-2H3,(H,32,33)/t18?,23-/m1/s1. The van der Waals surface area contributed by atoms with Crippen LogP contribution in [0.25, 0.3) is 10.9 Å². The summed E-state index contributed by atoms with van der Waals surface area (Å²) in [6.45, 7) is 3.54. The van der Waals surface area contributed by atoms with Crippen molar-refractivity contribution in [2.45, 2.75) is 38.4 Å². The average molecular weight is 523 g/mol. The first-order valence-electron chi connectivity index (χ1n) is 11.4. The van der Waals surface area contributed by atoms with Gasteiger partial charge in [0.1, 0.15) is 5.75 Å². The van der Waals surface area contributed by atoms with Gasteiger partial charge in [0, 0.05) is 48.0 Å². The van der Waals surface area contributed by atoms with Gasteiger partial charge in [0.25, 0.3) is 0 Å². The molecule has 0 spiro atoms. The van der Waals surface area contributed by atoms with Crippen molar-refractivity contribution in [2.24, 2.45) is 0 Å². The Hall–Kier alpha value is -3.10. The predicted octanol–water partition coefficient (Wildman–Crippen LogP) is 5.72. The minimum absolute atomic E-state index is 0.0750. The van der Waals surface area contributed by atoms with Crippen molar-refractivity contribution in [3.63, 3.8) is 0 Å². The van der Waals surface area contributed by atoms with Gasteiger partial charge in [-0.2, -0.15) is 5.10 Å². The monoisotopic (exact) mass is 522 g/mol. The Morgan fingerprint density at radius 1 is 1.32 bits per heavy atom. The Morgan fingerprint density at radius 3 is 2.88 bits per heavy atom. The number of aromatic nitrogens is 3. The highest BCUT2D eigenvalue weighted by Gasteiger charge is 2.34.